The van der Waals surface area contributed by atoms with Gasteiger partial charge >= 0.3 is 0 Å². The van der Waals surface area contributed by atoms with E-state index in [0.717, 1.165) is 30.9 Å². The van der Waals surface area contributed by atoms with Gasteiger partial charge in [0.05, 0.1) is 12.0 Å². The molecule has 1 N–H and O–H groups in total. The summed E-state index contributed by atoms with van der Waals surface area (Å²) >= 11 is 1.63. The Labute approximate surface area is 136 Å². The number of ether oxygens (including phenoxy) is 1. The van der Waals surface area contributed by atoms with E-state index in [1.54, 1.807) is 11.3 Å². The normalized spacial score (nSPS) is 30.5. The fourth-order valence-electron chi connectivity index (χ4n) is 3.84. The smallest absolute Gasteiger partial charge is 0.227 e. The summed E-state index contributed by atoms with van der Waals surface area (Å²) in [5, 5.41) is 13.1. The number of carbonyl (C=O) groups excluding carboxylic acids is 1. The van der Waals surface area contributed by atoms with E-state index in [4.69, 9.17) is 4.74 Å². The zero-order chi connectivity index (χ0) is 15.6. The number of amides is 1. The van der Waals surface area contributed by atoms with Gasteiger partial charge in [-0.15, -0.1) is 11.3 Å². The van der Waals surface area contributed by atoms with Crippen LogP contribution in [0.1, 0.15) is 31.1 Å². The van der Waals surface area contributed by atoms with Crippen LogP contribution in [0.25, 0.3) is 0 Å². The molecule has 0 spiro atoms. The molecule has 3 rings (SSSR count). The summed E-state index contributed by atoms with van der Waals surface area (Å²) in [6, 6.07) is 3.99. The highest BCUT2D eigenvalue weighted by molar-refractivity contribution is 7.10. The van der Waals surface area contributed by atoms with E-state index in [0.29, 0.717) is 31.8 Å². The molecule has 2 atom stereocenters. The first-order chi connectivity index (χ1) is 10.6. The molecule has 1 aromatic heterocycles. The number of carbonyl (C=O) groups is 1. The third-order valence-electron chi connectivity index (χ3n) is 5.32. The molecule has 5 heteroatoms. The van der Waals surface area contributed by atoms with Crippen LogP contribution in [0.5, 0.6) is 0 Å². The van der Waals surface area contributed by atoms with Crippen LogP contribution in [0, 0.1) is 11.8 Å². The lowest BCUT2D eigenvalue weighted by Crippen LogP contribution is -2.57. The van der Waals surface area contributed by atoms with Gasteiger partial charge in [0, 0.05) is 37.1 Å². The Kier molecular flexibility index (Phi) is 4.85. The number of aliphatic hydroxyl groups is 1. The molecular formula is C17H25NO3S. The largest absolute Gasteiger partial charge is 0.389 e. The molecule has 0 aliphatic carbocycles. The summed E-state index contributed by atoms with van der Waals surface area (Å²) in [7, 11) is 0. The molecule has 0 bridgehead atoms. The van der Waals surface area contributed by atoms with Crippen molar-refractivity contribution in [2.24, 2.45) is 11.8 Å². The van der Waals surface area contributed by atoms with Gasteiger partial charge in [0.2, 0.25) is 5.91 Å². The Morgan fingerprint density at radius 1 is 1.50 bits per heavy atom. The summed E-state index contributed by atoms with van der Waals surface area (Å²) in [6.07, 6.45) is 3.04. The molecule has 2 aliphatic heterocycles. The molecule has 2 aliphatic rings. The van der Waals surface area contributed by atoms with Gasteiger partial charge in [0.25, 0.3) is 0 Å². The molecule has 2 unspecified atom stereocenters. The monoisotopic (exact) mass is 323 g/mol. The van der Waals surface area contributed by atoms with Crippen molar-refractivity contribution < 1.29 is 14.6 Å². The number of thiophene rings is 1. The zero-order valence-electron chi connectivity index (χ0n) is 13.2. The van der Waals surface area contributed by atoms with Crippen molar-refractivity contribution in [1.29, 1.82) is 0 Å². The Morgan fingerprint density at radius 3 is 2.91 bits per heavy atom. The van der Waals surface area contributed by atoms with Gasteiger partial charge in [-0.2, -0.15) is 0 Å². The number of rotatable bonds is 3. The number of likely N-dealkylation sites (tertiary alicyclic amines) is 1. The molecule has 0 radical (unpaired) electrons. The predicted molar refractivity (Wildman–Crippen MR) is 86.9 cm³/mol. The van der Waals surface area contributed by atoms with E-state index < -0.39 is 5.60 Å². The van der Waals surface area contributed by atoms with Crippen LogP contribution in [0.4, 0.5) is 0 Å². The van der Waals surface area contributed by atoms with Gasteiger partial charge in [-0.05, 0) is 36.6 Å². The maximum absolute atomic E-state index is 12.4. The van der Waals surface area contributed by atoms with E-state index in [9.17, 15) is 9.90 Å². The molecular weight excluding hydrogens is 298 g/mol. The lowest BCUT2D eigenvalue weighted by molar-refractivity contribution is -0.150. The van der Waals surface area contributed by atoms with Crippen LogP contribution in [0.2, 0.25) is 0 Å². The van der Waals surface area contributed by atoms with Crippen molar-refractivity contribution >= 4 is 17.2 Å². The third kappa shape index (κ3) is 3.21. The highest BCUT2D eigenvalue weighted by Crippen LogP contribution is 2.39. The van der Waals surface area contributed by atoms with Crippen molar-refractivity contribution in [3.8, 4) is 0 Å². The minimum absolute atomic E-state index is 0.122. The summed E-state index contributed by atoms with van der Waals surface area (Å²) < 4.78 is 5.41. The van der Waals surface area contributed by atoms with Crippen molar-refractivity contribution in [2.45, 2.75) is 38.2 Å². The minimum Gasteiger partial charge on any atom is -0.389 e. The topological polar surface area (TPSA) is 49.8 Å². The molecule has 3 heterocycles. The quantitative estimate of drug-likeness (QED) is 0.929. The lowest BCUT2D eigenvalue weighted by Gasteiger charge is -2.48. The molecule has 4 nitrogen and oxygen atoms in total. The van der Waals surface area contributed by atoms with E-state index in [-0.39, 0.29) is 11.8 Å². The third-order valence-corrected chi connectivity index (χ3v) is 6.19. The second-order valence-corrected chi connectivity index (χ2v) is 7.66. The van der Waals surface area contributed by atoms with Crippen molar-refractivity contribution in [3.05, 3.63) is 22.4 Å². The van der Waals surface area contributed by atoms with E-state index in [1.807, 2.05) is 22.4 Å². The minimum atomic E-state index is -0.635. The number of hydrogen-bond donors (Lipinski definition) is 1. The van der Waals surface area contributed by atoms with Gasteiger partial charge < -0.3 is 14.7 Å². The fraction of sp³-hybridized carbons (Fsp3) is 0.706. The van der Waals surface area contributed by atoms with Gasteiger partial charge in [0.15, 0.2) is 0 Å². The van der Waals surface area contributed by atoms with Crippen LogP contribution < -0.4 is 0 Å². The second kappa shape index (κ2) is 6.69. The van der Waals surface area contributed by atoms with Crippen LogP contribution in [0.3, 0.4) is 0 Å². The Bertz CT molecular complexity index is 498. The van der Waals surface area contributed by atoms with Crippen molar-refractivity contribution in [1.82, 2.24) is 4.90 Å². The highest BCUT2D eigenvalue weighted by atomic mass is 32.1. The summed E-state index contributed by atoms with van der Waals surface area (Å²) in [6.45, 7) is 4.92. The Balaban J connectivity index is 1.60. The summed E-state index contributed by atoms with van der Waals surface area (Å²) in [5.41, 5.74) is -0.635. The van der Waals surface area contributed by atoms with E-state index in [2.05, 4.69) is 6.92 Å². The van der Waals surface area contributed by atoms with Crippen molar-refractivity contribution in [3.63, 3.8) is 0 Å². The van der Waals surface area contributed by atoms with Gasteiger partial charge in [-0.1, -0.05) is 13.0 Å². The molecule has 0 saturated carbocycles. The van der Waals surface area contributed by atoms with Gasteiger partial charge in [-0.3, -0.25) is 4.79 Å². The number of piperidine rings is 1. The maximum atomic E-state index is 12.4. The van der Waals surface area contributed by atoms with Gasteiger partial charge in [-0.25, -0.2) is 0 Å². The van der Waals surface area contributed by atoms with E-state index >= 15 is 0 Å². The van der Waals surface area contributed by atoms with Gasteiger partial charge in [0.1, 0.15) is 0 Å². The van der Waals surface area contributed by atoms with Crippen molar-refractivity contribution in [2.75, 3.05) is 26.3 Å². The average Bonchev–Trinajstić information content (AvgIpc) is 3.04. The molecule has 1 aromatic rings. The first kappa shape index (κ1) is 16.0. The fourth-order valence-corrected chi connectivity index (χ4v) is 4.54. The van der Waals surface area contributed by atoms with Crippen LogP contribution in [-0.4, -0.2) is 47.8 Å². The van der Waals surface area contributed by atoms with Crippen LogP contribution >= 0.6 is 11.3 Å². The first-order valence-corrected chi connectivity index (χ1v) is 9.08. The molecule has 2 fully saturated rings. The Hall–Kier alpha value is -0.910. The molecule has 0 aromatic carbocycles. The highest BCUT2D eigenvalue weighted by Gasteiger charge is 2.45. The summed E-state index contributed by atoms with van der Waals surface area (Å²) in [4.78, 5) is 15.5. The first-order valence-electron chi connectivity index (χ1n) is 8.20. The number of nitrogens with zero attached hydrogens (tertiary/aromatic N) is 1. The zero-order valence-corrected chi connectivity index (χ0v) is 14.0. The standard InChI is InChI=1S/C17H25NO3S/c1-13-12-18(16(19)11-15-3-2-10-22-15)7-6-17(13,20)14-4-8-21-9-5-14/h2-3,10,13-14,20H,4-9,11-12H2,1H3. The molecule has 122 valence electrons. The predicted octanol–water partition coefficient (Wildman–Crippen LogP) is 2.32. The second-order valence-electron chi connectivity index (χ2n) is 6.62. The average molecular weight is 323 g/mol. The van der Waals surface area contributed by atoms with E-state index in [1.165, 1.54) is 0 Å². The molecule has 1 amide bonds. The summed E-state index contributed by atoms with van der Waals surface area (Å²) in [5.74, 6) is 0.616. The molecule has 2 saturated heterocycles. The SMILES string of the molecule is CC1CN(C(=O)Cc2cccs2)CCC1(O)C1CCOCC1. The maximum Gasteiger partial charge on any atom is 0.227 e. The van der Waals surface area contributed by atoms with Crippen LogP contribution in [-0.2, 0) is 16.0 Å². The Morgan fingerprint density at radius 2 is 2.27 bits per heavy atom. The number of hydrogen-bond acceptors (Lipinski definition) is 4. The van der Waals surface area contributed by atoms with Crippen LogP contribution in [0.15, 0.2) is 17.5 Å². The lowest BCUT2D eigenvalue weighted by atomic mass is 9.70. The molecule has 22 heavy (non-hydrogen) atoms.